The number of halogens is 5. The molecule has 0 spiro atoms. The van der Waals surface area contributed by atoms with E-state index >= 15 is 0 Å². The van der Waals surface area contributed by atoms with Gasteiger partial charge in [0.25, 0.3) is 0 Å². The number of nitrogens with zero attached hydrogens (tertiary/aromatic N) is 3. The van der Waals surface area contributed by atoms with Gasteiger partial charge in [-0.05, 0) is 12.1 Å². The number of rotatable bonds is 3. The summed E-state index contributed by atoms with van der Waals surface area (Å²) >= 11 is 0. The van der Waals surface area contributed by atoms with E-state index < -0.39 is 40.5 Å². The lowest BCUT2D eigenvalue weighted by molar-refractivity contribution is 0.544. The topological polar surface area (TPSA) is 28.0 Å². The minimum absolute atomic E-state index is 0.244. The molecule has 8 heteroatoms. The van der Waals surface area contributed by atoms with E-state index in [0.717, 1.165) is 12.1 Å². The van der Waals surface area contributed by atoms with Gasteiger partial charge in [0.1, 0.15) is 5.82 Å². The lowest BCUT2D eigenvalue weighted by Gasteiger charge is -2.13. The summed E-state index contributed by atoms with van der Waals surface area (Å²) in [5.74, 6) is -5.88. The van der Waals surface area contributed by atoms with Gasteiger partial charge in [0, 0.05) is 31.9 Å². The fraction of sp³-hybridized carbons (Fsp3) is 0.143. The van der Waals surface area contributed by atoms with Crippen molar-refractivity contribution in [1.82, 2.24) is 0 Å². The third-order valence-corrected chi connectivity index (χ3v) is 2.75. The standard InChI is InChI=1S/C14H10F5N3/c1-22(2)8-5-11(18)14(12(19)6-8)21-20-13-9(16)3-7(15)4-10(13)17/h3-6H,1-2H3. The SMILES string of the molecule is CN(C)c1cc(F)c(N=Nc2c(F)cc(F)cc2F)c(F)c1. The van der Waals surface area contributed by atoms with Crippen molar-refractivity contribution in [3.05, 3.63) is 53.4 Å². The molecule has 0 N–H and O–H groups in total. The smallest absolute Gasteiger partial charge is 0.157 e. The van der Waals surface area contributed by atoms with Crippen molar-refractivity contribution in [2.75, 3.05) is 19.0 Å². The van der Waals surface area contributed by atoms with E-state index in [1.54, 1.807) is 14.1 Å². The van der Waals surface area contributed by atoms with Crippen LogP contribution in [0.3, 0.4) is 0 Å². The summed E-state index contributed by atoms with van der Waals surface area (Å²) in [6.45, 7) is 0. The Balaban J connectivity index is 2.43. The van der Waals surface area contributed by atoms with Crippen LogP contribution in [0.25, 0.3) is 0 Å². The Hall–Kier alpha value is -2.51. The van der Waals surface area contributed by atoms with E-state index in [9.17, 15) is 22.0 Å². The molecule has 0 aliphatic heterocycles. The van der Waals surface area contributed by atoms with Crippen molar-refractivity contribution in [1.29, 1.82) is 0 Å². The van der Waals surface area contributed by atoms with Gasteiger partial charge in [-0.1, -0.05) is 0 Å². The predicted molar refractivity (Wildman–Crippen MR) is 71.2 cm³/mol. The van der Waals surface area contributed by atoms with E-state index in [1.165, 1.54) is 4.90 Å². The fourth-order valence-corrected chi connectivity index (χ4v) is 1.64. The molecule has 0 aromatic heterocycles. The number of anilines is 1. The zero-order valence-corrected chi connectivity index (χ0v) is 11.5. The van der Waals surface area contributed by atoms with Gasteiger partial charge in [-0.3, -0.25) is 0 Å². The zero-order chi connectivity index (χ0) is 16.4. The minimum atomic E-state index is -1.33. The maximum atomic E-state index is 13.8. The quantitative estimate of drug-likeness (QED) is 0.587. The van der Waals surface area contributed by atoms with Crippen LogP contribution in [0.5, 0.6) is 0 Å². The molecule has 116 valence electrons. The normalized spacial score (nSPS) is 11.2. The average molecular weight is 315 g/mol. The first-order chi connectivity index (χ1) is 10.3. The summed E-state index contributed by atoms with van der Waals surface area (Å²) in [5, 5.41) is 6.31. The number of hydrogen-bond acceptors (Lipinski definition) is 3. The van der Waals surface area contributed by atoms with Crippen molar-refractivity contribution in [3.63, 3.8) is 0 Å². The second-order valence-corrected chi connectivity index (χ2v) is 4.57. The zero-order valence-electron chi connectivity index (χ0n) is 11.5. The molecule has 0 saturated carbocycles. The highest BCUT2D eigenvalue weighted by Gasteiger charge is 2.14. The monoisotopic (exact) mass is 315 g/mol. The summed E-state index contributed by atoms with van der Waals surface area (Å²) in [7, 11) is 3.16. The minimum Gasteiger partial charge on any atom is -0.377 e. The third kappa shape index (κ3) is 3.21. The van der Waals surface area contributed by atoms with E-state index in [2.05, 4.69) is 10.2 Å². The van der Waals surface area contributed by atoms with Crippen molar-refractivity contribution < 1.29 is 22.0 Å². The van der Waals surface area contributed by atoms with Gasteiger partial charge in [0.15, 0.2) is 34.6 Å². The molecule has 0 heterocycles. The van der Waals surface area contributed by atoms with Crippen LogP contribution in [0, 0.1) is 29.1 Å². The Bertz CT molecular complexity index is 697. The van der Waals surface area contributed by atoms with Gasteiger partial charge < -0.3 is 4.90 Å². The first-order valence-electron chi connectivity index (χ1n) is 6.02. The molecule has 0 atom stereocenters. The Morgan fingerprint density at radius 3 is 1.41 bits per heavy atom. The molecule has 0 aliphatic rings. The van der Waals surface area contributed by atoms with Crippen LogP contribution < -0.4 is 4.90 Å². The Kier molecular flexibility index (Phi) is 4.39. The van der Waals surface area contributed by atoms with Crippen LogP contribution in [-0.4, -0.2) is 14.1 Å². The van der Waals surface area contributed by atoms with Gasteiger partial charge in [0.05, 0.1) is 0 Å². The molecule has 0 radical (unpaired) electrons. The molecule has 2 aromatic rings. The molecule has 0 unspecified atom stereocenters. The highest BCUT2D eigenvalue weighted by molar-refractivity contribution is 5.54. The lowest BCUT2D eigenvalue weighted by Crippen LogP contribution is -2.09. The molecule has 0 bridgehead atoms. The third-order valence-electron chi connectivity index (χ3n) is 2.75. The van der Waals surface area contributed by atoms with Crippen LogP contribution in [0.4, 0.5) is 39.0 Å². The number of hydrogen-bond donors (Lipinski definition) is 0. The van der Waals surface area contributed by atoms with E-state index in [0.29, 0.717) is 12.1 Å². The summed E-state index contributed by atoms with van der Waals surface area (Å²) < 4.78 is 67.0. The molecule has 2 rings (SSSR count). The predicted octanol–water partition coefficient (Wildman–Crippen LogP) is 4.86. The van der Waals surface area contributed by atoms with E-state index in [-0.39, 0.29) is 5.69 Å². The van der Waals surface area contributed by atoms with Gasteiger partial charge in [-0.2, -0.15) is 0 Å². The molecule has 0 amide bonds. The van der Waals surface area contributed by atoms with Crippen LogP contribution in [0.2, 0.25) is 0 Å². The van der Waals surface area contributed by atoms with E-state index in [1.807, 2.05) is 0 Å². The number of azo groups is 1. The van der Waals surface area contributed by atoms with Crippen LogP contribution >= 0.6 is 0 Å². The van der Waals surface area contributed by atoms with Gasteiger partial charge in [-0.25, -0.2) is 22.0 Å². The van der Waals surface area contributed by atoms with Gasteiger partial charge in [-0.15, -0.1) is 10.2 Å². The van der Waals surface area contributed by atoms with E-state index in [4.69, 9.17) is 0 Å². The Labute approximate surface area is 122 Å². The Morgan fingerprint density at radius 2 is 1.05 bits per heavy atom. The molecule has 3 nitrogen and oxygen atoms in total. The van der Waals surface area contributed by atoms with Crippen molar-refractivity contribution >= 4 is 17.1 Å². The summed E-state index contributed by atoms with van der Waals surface area (Å²) in [4.78, 5) is 1.46. The fourth-order valence-electron chi connectivity index (χ4n) is 1.64. The Morgan fingerprint density at radius 1 is 0.682 bits per heavy atom. The molecular formula is C14H10F5N3. The second-order valence-electron chi connectivity index (χ2n) is 4.57. The maximum Gasteiger partial charge on any atom is 0.157 e. The van der Waals surface area contributed by atoms with Gasteiger partial charge >= 0.3 is 0 Å². The highest BCUT2D eigenvalue weighted by atomic mass is 19.2. The highest BCUT2D eigenvalue weighted by Crippen LogP contribution is 2.30. The molecule has 0 saturated heterocycles. The first kappa shape index (κ1) is 15.9. The van der Waals surface area contributed by atoms with Gasteiger partial charge in [0.2, 0.25) is 0 Å². The lowest BCUT2D eigenvalue weighted by atomic mass is 10.2. The average Bonchev–Trinajstić information content (AvgIpc) is 2.39. The molecular weight excluding hydrogens is 305 g/mol. The molecule has 0 aliphatic carbocycles. The first-order valence-corrected chi connectivity index (χ1v) is 6.02. The maximum absolute atomic E-state index is 13.8. The second kappa shape index (κ2) is 6.08. The van der Waals surface area contributed by atoms with Crippen molar-refractivity contribution in [2.24, 2.45) is 10.2 Å². The molecule has 22 heavy (non-hydrogen) atoms. The van der Waals surface area contributed by atoms with Crippen LogP contribution in [0.15, 0.2) is 34.5 Å². The van der Waals surface area contributed by atoms with Crippen LogP contribution in [-0.2, 0) is 0 Å². The molecule has 2 aromatic carbocycles. The summed E-state index contributed by atoms with van der Waals surface area (Å²) in [5.41, 5.74) is -1.49. The summed E-state index contributed by atoms with van der Waals surface area (Å²) in [6, 6.07) is 2.77. The number of benzene rings is 2. The summed E-state index contributed by atoms with van der Waals surface area (Å²) in [6.07, 6.45) is 0. The van der Waals surface area contributed by atoms with Crippen molar-refractivity contribution in [2.45, 2.75) is 0 Å². The van der Waals surface area contributed by atoms with Crippen molar-refractivity contribution in [3.8, 4) is 0 Å². The largest absolute Gasteiger partial charge is 0.377 e. The van der Waals surface area contributed by atoms with Crippen LogP contribution in [0.1, 0.15) is 0 Å². The molecule has 0 fully saturated rings.